The number of benzene rings is 5. The Labute approximate surface area is 210 Å². The monoisotopic (exact) mass is 521 g/mol. The maximum atomic E-state index is 13.0. The fraction of sp³-hybridized carbons (Fsp3) is 0. The number of carbonyl (C=O) groups excluding carboxylic acids is 2. The quantitative estimate of drug-likeness (QED) is 0.152. The molecule has 0 aliphatic carbocycles. The van der Waals surface area contributed by atoms with Crippen LogP contribution in [-0.2, 0) is 0 Å². The van der Waals surface area contributed by atoms with E-state index >= 15 is 0 Å². The SMILES string of the molecule is O=C(Nc1ccccc1C(=O)N/N=C\c1c2ccccc2cc2ccccc12)c1ccc(Br)cc1. The summed E-state index contributed by atoms with van der Waals surface area (Å²) in [4.78, 5) is 25.6. The zero-order valence-corrected chi connectivity index (χ0v) is 20.1. The molecule has 0 aromatic heterocycles. The Balaban J connectivity index is 1.40. The molecule has 5 aromatic rings. The van der Waals surface area contributed by atoms with Gasteiger partial charge in [-0.3, -0.25) is 9.59 Å². The number of nitrogens with one attached hydrogen (secondary N) is 2. The van der Waals surface area contributed by atoms with Gasteiger partial charge in [0.05, 0.1) is 17.5 Å². The van der Waals surface area contributed by atoms with Crippen molar-refractivity contribution in [1.82, 2.24) is 5.43 Å². The minimum atomic E-state index is -0.419. The molecule has 0 radical (unpaired) electrons. The summed E-state index contributed by atoms with van der Waals surface area (Å²) in [6.07, 6.45) is 1.67. The molecule has 6 heteroatoms. The Morgan fingerprint density at radius 2 is 1.31 bits per heavy atom. The molecule has 0 aliphatic rings. The van der Waals surface area contributed by atoms with Crippen molar-refractivity contribution in [2.45, 2.75) is 0 Å². The normalized spacial score (nSPS) is 11.1. The Bertz CT molecular complexity index is 1540. The van der Waals surface area contributed by atoms with Crippen molar-refractivity contribution in [3.05, 3.63) is 124 Å². The lowest BCUT2D eigenvalue weighted by molar-refractivity contribution is 0.0956. The van der Waals surface area contributed by atoms with E-state index in [-0.39, 0.29) is 5.91 Å². The average Bonchev–Trinajstić information content (AvgIpc) is 2.89. The van der Waals surface area contributed by atoms with E-state index < -0.39 is 5.91 Å². The summed E-state index contributed by atoms with van der Waals surface area (Å²) in [5, 5.41) is 11.4. The molecular weight excluding hydrogens is 502 g/mol. The molecule has 170 valence electrons. The summed E-state index contributed by atoms with van der Waals surface area (Å²) in [7, 11) is 0. The second kappa shape index (κ2) is 9.91. The molecule has 5 nitrogen and oxygen atoms in total. The van der Waals surface area contributed by atoms with Gasteiger partial charge in [0, 0.05) is 15.6 Å². The van der Waals surface area contributed by atoms with Gasteiger partial charge in [0.2, 0.25) is 0 Å². The number of hydrogen-bond acceptors (Lipinski definition) is 3. The molecular formula is C29H20BrN3O2. The molecule has 0 bridgehead atoms. The number of halogens is 1. The maximum Gasteiger partial charge on any atom is 0.273 e. The molecule has 0 aliphatic heterocycles. The highest BCUT2D eigenvalue weighted by atomic mass is 79.9. The van der Waals surface area contributed by atoms with Gasteiger partial charge < -0.3 is 5.32 Å². The van der Waals surface area contributed by atoms with Crippen LogP contribution in [0.5, 0.6) is 0 Å². The first-order chi connectivity index (χ1) is 17.1. The van der Waals surface area contributed by atoms with Crippen molar-refractivity contribution in [2.75, 3.05) is 5.32 Å². The molecule has 5 rings (SSSR count). The molecule has 0 fully saturated rings. The molecule has 35 heavy (non-hydrogen) atoms. The fourth-order valence-electron chi connectivity index (χ4n) is 3.99. The van der Waals surface area contributed by atoms with Crippen molar-refractivity contribution in [2.24, 2.45) is 5.10 Å². The van der Waals surface area contributed by atoms with E-state index in [4.69, 9.17) is 0 Å². The minimum Gasteiger partial charge on any atom is -0.321 e. The van der Waals surface area contributed by atoms with E-state index in [1.807, 2.05) is 36.4 Å². The van der Waals surface area contributed by atoms with Crippen molar-refractivity contribution >= 4 is 61.2 Å². The first kappa shape index (κ1) is 22.5. The number of hydrogen-bond donors (Lipinski definition) is 2. The lowest BCUT2D eigenvalue weighted by Crippen LogP contribution is -2.21. The van der Waals surface area contributed by atoms with E-state index in [1.165, 1.54) is 0 Å². The molecule has 0 spiro atoms. The second-order valence-electron chi connectivity index (χ2n) is 7.94. The Kier molecular flexibility index (Phi) is 6.37. The summed E-state index contributed by atoms with van der Waals surface area (Å²) in [5.41, 5.74) is 4.75. The standard InChI is InChI=1S/C29H20BrN3O2/c30-22-15-13-19(14-16-22)28(34)32-27-12-6-5-11-25(27)29(35)33-31-18-26-23-9-3-1-7-20(23)17-21-8-2-4-10-24(21)26/h1-18H,(H,32,34)(H,33,35)/b31-18-. The third kappa shape index (κ3) is 4.83. The van der Waals surface area contributed by atoms with Gasteiger partial charge >= 0.3 is 0 Å². The smallest absolute Gasteiger partial charge is 0.273 e. The van der Waals surface area contributed by atoms with Gasteiger partial charge in [-0.2, -0.15) is 5.10 Å². The number of carbonyl (C=O) groups is 2. The summed E-state index contributed by atoms with van der Waals surface area (Å²) >= 11 is 3.36. The first-order valence-corrected chi connectivity index (χ1v) is 11.8. The number of amides is 2. The number of hydrazone groups is 1. The molecule has 0 unspecified atom stereocenters. The van der Waals surface area contributed by atoms with Crippen LogP contribution >= 0.6 is 15.9 Å². The van der Waals surface area contributed by atoms with Crippen molar-refractivity contribution in [3.63, 3.8) is 0 Å². The Morgan fingerprint density at radius 3 is 2.00 bits per heavy atom. The van der Waals surface area contributed by atoms with Gasteiger partial charge in [-0.05, 0) is 64.0 Å². The fourth-order valence-corrected chi connectivity index (χ4v) is 4.25. The van der Waals surface area contributed by atoms with Gasteiger partial charge in [0.25, 0.3) is 11.8 Å². The van der Waals surface area contributed by atoms with E-state index in [0.717, 1.165) is 31.6 Å². The van der Waals surface area contributed by atoms with Crippen LogP contribution in [0, 0.1) is 0 Å². The largest absolute Gasteiger partial charge is 0.321 e. The number of para-hydroxylation sites is 1. The van der Waals surface area contributed by atoms with Crippen LogP contribution in [0.1, 0.15) is 26.3 Å². The lowest BCUT2D eigenvalue weighted by atomic mass is 9.97. The highest BCUT2D eigenvalue weighted by Crippen LogP contribution is 2.27. The predicted octanol–water partition coefficient (Wildman–Crippen LogP) is 6.77. The zero-order chi connectivity index (χ0) is 24.2. The van der Waals surface area contributed by atoms with Crippen LogP contribution in [0.15, 0.2) is 113 Å². The third-order valence-electron chi connectivity index (χ3n) is 5.70. The lowest BCUT2D eigenvalue weighted by Gasteiger charge is -2.10. The van der Waals surface area contributed by atoms with Gasteiger partial charge in [0.15, 0.2) is 0 Å². The molecule has 0 heterocycles. The molecule has 5 aromatic carbocycles. The number of nitrogens with zero attached hydrogens (tertiary/aromatic N) is 1. The van der Waals surface area contributed by atoms with Crippen molar-refractivity contribution in [1.29, 1.82) is 0 Å². The summed E-state index contributed by atoms with van der Waals surface area (Å²) < 4.78 is 0.880. The van der Waals surface area contributed by atoms with Crippen LogP contribution in [0.4, 0.5) is 5.69 Å². The van der Waals surface area contributed by atoms with E-state index in [0.29, 0.717) is 16.8 Å². The number of anilines is 1. The van der Waals surface area contributed by atoms with Crippen LogP contribution in [0.25, 0.3) is 21.5 Å². The molecule has 2 amide bonds. The Hall–Kier alpha value is -4.29. The van der Waals surface area contributed by atoms with Crippen molar-refractivity contribution < 1.29 is 9.59 Å². The number of fused-ring (bicyclic) bond motifs is 2. The number of rotatable bonds is 5. The van der Waals surface area contributed by atoms with Crippen LogP contribution in [0.2, 0.25) is 0 Å². The first-order valence-electron chi connectivity index (χ1n) is 11.0. The third-order valence-corrected chi connectivity index (χ3v) is 6.23. The van der Waals surface area contributed by atoms with E-state index in [1.54, 1.807) is 54.7 Å². The van der Waals surface area contributed by atoms with E-state index in [2.05, 4.69) is 50.0 Å². The summed E-state index contributed by atoms with van der Waals surface area (Å²) in [6, 6.07) is 32.1. The maximum absolute atomic E-state index is 13.0. The summed E-state index contributed by atoms with van der Waals surface area (Å²) in [5.74, 6) is -0.721. The molecule has 0 atom stereocenters. The topological polar surface area (TPSA) is 70.6 Å². The highest BCUT2D eigenvalue weighted by molar-refractivity contribution is 9.10. The molecule has 0 saturated heterocycles. The van der Waals surface area contributed by atoms with Crippen LogP contribution in [-0.4, -0.2) is 18.0 Å². The summed E-state index contributed by atoms with van der Waals surface area (Å²) in [6.45, 7) is 0. The average molecular weight is 522 g/mol. The van der Waals surface area contributed by atoms with Crippen LogP contribution in [0.3, 0.4) is 0 Å². The zero-order valence-electron chi connectivity index (χ0n) is 18.5. The van der Waals surface area contributed by atoms with Crippen molar-refractivity contribution in [3.8, 4) is 0 Å². The molecule has 0 saturated carbocycles. The van der Waals surface area contributed by atoms with E-state index in [9.17, 15) is 9.59 Å². The van der Waals surface area contributed by atoms with Gasteiger partial charge in [-0.15, -0.1) is 0 Å². The highest BCUT2D eigenvalue weighted by Gasteiger charge is 2.14. The minimum absolute atomic E-state index is 0.302. The van der Waals surface area contributed by atoms with Gasteiger partial charge in [-0.1, -0.05) is 76.6 Å². The van der Waals surface area contributed by atoms with Crippen LogP contribution < -0.4 is 10.7 Å². The predicted molar refractivity (Wildman–Crippen MR) is 145 cm³/mol. The second-order valence-corrected chi connectivity index (χ2v) is 8.85. The Morgan fingerprint density at radius 1 is 0.714 bits per heavy atom. The van der Waals surface area contributed by atoms with Gasteiger partial charge in [0.1, 0.15) is 0 Å². The van der Waals surface area contributed by atoms with Gasteiger partial charge in [-0.25, -0.2) is 5.43 Å². The molecule has 2 N–H and O–H groups in total.